The zero-order valence-electron chi connectivity index (χ0n) is 22.7. The van der Waals surface area contributed by atoms with Gasteiger partial charge in [0.05, 0.1) is 39.6 Å². The molecule has 1 saturated heterocycles. The molecule has 4 amide bonds. The molecule has 0 spiro atoms. The summed E-state index contributed by atoms with van der Waals surface area (Å²) in [5.74, 6) is -0.508. The molecule has 1 aliphatic heterocycles. The maximum Gasteiger partial charge on any atom is 0.246 e. The summed E-state index contributed by atoms with van der Waals surface area (Å²) < 4.78 is 21.1. The Hall–Kier alpha value is -2.61. The second kappa shape index (κ2) is 21.3. The lowest BCUT2D eigenvalue weighted by atomic mass is 10.1. The fraction of sp³-hybridized carbons (Fsp3) is 0.800. The van der Waals surface area contributed by atoms with Crippen molar-refractivity contribution in [3.63, 3.8) is 0 Å². The smallest absolute Gasteiger partial charge is 0.246 e. The highest BCUT2D eigenvalue weighted by atomic mass is 16.5. The molecule has 13 heteroatoms. The Labute approximate surface area is 224 Å². The van der Waals surface area contributed by atoms with Gasteiger partial charge in [0.1, 0.15) is 19.3 Å². The van der Waals surface area contributed by atoms with E-state index in [1.165, 1.54) is 0 Å². The molecule has 0 saturated carbocycles. The molecule has 38 heavy (non-hydrogen) atoms. The Morgan fingerprint density at radius 2 is 1.55 bits per heavy atom. The van der Waals surface area contributed by atoms with Gasteiger partial charge in [0.2, 0.25) is 24.1 Å². The molecule has 0 bridgehead atoms. The van der Waals surface area contributed by atoms with Crippen molar-refractivity contribution >= 4 is 29.9 Å². The molecule has 2 atom stereocenters. The first-order valence-corrected chi connectivity index (χ1v) is 13.2. The van der Waals surface area contributed by atoms with Gasteiger partial charge in [-0.3, -0.25) is 24.0 Å². The predicted molar refractivity (Wildman–Crippen MR) is 137 cm³/mol. The van der Waals surface area contributed by atoms with Crippen LogP contribution in [-0.2, 0) is 42.9 Å². The average molecular weight is 545 g/mol. The van der Waals surface area contributed by atoms with Crippen molar-refractivity contribution in [1.82, 2.24) is 20.9 Å². The minimum atomic E-state index is -0.478. The van der Waals surface area contributed by atoms with E-state index in [9.17, 15) is 24.0 Å². The minimum absolute atomic E-state index is 0.0446. The summed E-state index contributed by atoms with van der Waals surface area (Å²) in [6.07, 6.45) is 3.27. The molecule has 0 aromatic rings. The molecule has 0 aliphatic carbocycles. The summed E-state index contributed by atoms with van der Waals surface area (Å²) in [6.45, 7) is 6.59. The highest BCUT2D eigenvalue weighted by molar-refractivity contribution is 5.88. The number of rotatable bonds is 23. The van der Waals surface area contributed by atoms with Crippen molar-refractivity contribution in [2.24, 2.45) is 0 Å². The highest BCUT2D eigenvalue weighted by Gasteiger charge is 2.33. The third kappa shape index (κ3) is 15.6. The van der Waals surface area contributed by atoms with Crippen LogP contribution in [0.5, 0.6) is 0 Å². The van der Waals surface area contributed by atoms with Crippen LogP contribution in [0.4, 0.5) is 0 Å². The van der Waals surface area contributed by atoms with Gasteiger partial charge in [-0.05, 0) is 26.2 Å². The number of Topliss-reactive ketones (excluding diaryl/α,β-unsaturated/α-hetero) is 1. The van der Waals surface area contributed by atoms with Gasteiger partial charge in [0.25, 0.3) is 0 Å². The summed E-state index contributed by atoms with van der Waals surface area (Å²) in [6, 6.07) is -0.573. The highest BCUT2D eigenvalue weighted by Crippen LogP contribution is 2.19. The Morgan fingerprint density at radius 1 is 0.921 bits per heavy atom. The Balaban J connectivity index is 1.99. The van der Waals surface area contributed by atoms with Gasteiger partial charge < -0.3 is 39.8 Å². The maximum absolute atomic E-state index is 12.5. The Morgan fingerprint density at radius 3 is 2.21 bits per heavy atom. The number of ether oxygens (including phenoxy) is 4. The van der Waals surface area contributed by atoms with E-state index in [0.29, 0.717) is 65.1 Å². The van der Waals surface area contributed by atoms with Crippen LogP contribution < -0.4 is 16.0 Å². The number of hydrogen-bond acceptors (Lipinski definition) is 9. The largest absolute Gasteiger partial charge is 0.377 e. The van der Waals surface area contributed by atoms with E-state index < -0.39 is 6.04 Å². The maximum atomic E-state index is 12.5. The number of nitrogens with one attached hydrogen (secondary N) is 3. The summed E-state index contributed by atoms with van der Waals surface area (Å²) in [5, 5.41) is 8.08. The van der Waals surface area contributed by atoms with Crippen molar-refractivity contribution in [1.29, 1.82) is 0 Å². The number of carbonyl (C=O) groups is 5. The minimum Gasteiger partial charge on any atom is -0.377 e. The number of amides is 4. The van der Waals surface area contributed by atoms with E-state index in [2.05, 4.69) is 16.0 Å². The van der Waals surface area contributed by atoms with E-state index in [1.54, 1.807) is 11.8 Å². The number of carbonyl (C=O) groups excluding carboxylic acids is 5. The van der Waals surface area contributed by atoms with Crippen molar-refractivity contribution in [3.8, 4) is 0 Å². The van der Waals surface area contributed by atoms with Crippen LogP contribution in [0.25, 0.3) is 0 Å². The molecule has 1 fully saturated rings. The van der Waals surface area contributed by atoms with E-state index in [0.717, 1.165) is 6.42 Å². The lowest BCUT2D eigenvalue weighted by Gasteiger charge is -2.24. The van der Waals surface area contributed by atoms with Gasteiger partial charge in [-0.1, -0.05) is 6.92 Å². The Bertz CT molecular complexity index is 723. The molecule has 13 nitrogen and oxygen atoms in total. The monoisotopic (exact) mass is 544 g/mol. The lowest BCUT2D eigenvalue weighted by molar-refractivity contribution is -0.138. The third-order valence-corrected chi connectivity index (χ3v) is 5.77. The molecule has 0 aromatic carbocycles. The van der Waals surface area contributed by atoms with Gasteiger partial charge in [-0.15, -0.1) is 0 Å². The molecule has 2 unspecified atom stereocenters. The first-order valence-electron chi connectivity index (χ1n) is 13.2. The molecule has 0 radical (unpaired) electrons. The zero-order valence-corrected chi connectivity index (χ0v) is 22.7. The molecular formula is C25H44N4O9. The van der Waals surface area contributed by atoms with Gasteiger partial charge >= 0.3 is 0 Å². The molecule has 1 aliphatic rings. The quantitative estimate of drug-likeness (QED) is 0.110. The first kappa shape index (κ1) is 33.4. The Kier molecular flexibility index (Phi) is 18.8. The van der Waals surface area contributed by atoms with Crippen LogP contribution in [0, 0.1) is 0 Å². The van der Waals surface area contributed by atoms with E-state index in [4.69, 9.17) is 18.9 Å². The molecule has 1 heterocycles. The molecule has 218 valence electrons. The zero-order chi connectivity index (χ0) is 28.0. The van der Waals surface area contributed by atoms with E-state index >= 15 is 0 Å². The normalized spacial score (nSPS) is 15.6. The third-order valence-electron chi connectivity index (χ3n) is 5.77. The standard InChI is InChI=1S/C25H44N4O9/c1-3-21(31)17-37-15-13-35-11-8-26-23(32)18-38-16-14-36-12-9-27-25(34)22-5-4-10-29(22)24(33)7-6-20(2)28-19-30/h19-20,22H,3-18H2,1-2H3,(H,26,32)(H,27,34)(H,28,30). The van der Waals surface area contributed by atoms with Gasteiger partial charge in [0.15, 0.2) is 5.78 Å². The first-order chi connectivity index (χ1) is 18.4. The fourth-order valence-corrected chi connectivity index (χ4v) is 3.59. The van der Waals surface area contributed by atoms with Crippen LogP contribution in [0.15, 0.2) is 0 Å². The van der Waals surface area contributed by atoms with E-state index in [-0.39, 0.29) is 69.0 Å². The van der Waals surface area contributed by atoms with Gasteiger partial charge in [0, 0.05) is 38.5 Å². The summed E-state index contributed by atoms with van der Waals surface area (Å²) in [7, 11) is 0. The van der Waals surface area contributed by atoms with Crippen LogP contribution in [0.2, 0.25) is 0 Å². The van der Waals surface area contributed by atoms with Crippen LogP contribution in [0.1, 0.15) is 46.0 Å². The summed E-state index contributed by atoms with van der Waals surface area (Å²) in [5.41, 5.74) is 0. The number of likely N-dealkylation sites (tertiary alicyclic amines) is 1. The fourth-order valence-electron chi connectivity index (χ4n) is 3.59. The van der Waals surface area contributed by atoms with Crippen molar-refractivity contribution < 1.29 is 42.9 Å². The van der Waals surface area contributed by atoms with Gasteiger partial charge in [-0.2, -0.15) is 0 Å². The molecular weight excluding hydrogens is 500 g/mol. The SMILES string of the molecule is CCC(=O)COCCOCCNC(=O)COCCOCCNC(=O)C1CCCN1C(=O)CCC(C)NC=O. The molecule has 0 aromatic heterocycles. The second-order valence-corrected chi connectivity index (χ2v) is 8.83. The number of nitrogens with zero attached hydrogens (tertiary/aromatic N) is 1. The number of ketones is 1. The van der Waals surface area contributed by atoms with Crippen LogP contribution >= 0.6 is 0 Å². The van der Waals surface area contributed by atoms with Crippen LogP contribution in [-0.4, -0.2) is 119 Å². The van der Waals surface area contributed by atoms with Crippen LogP contribution in [0.3, 0.4) is 0 Å². The summed E-state index contributed by atoms with van der Waals surface area (Å²) in [4.78, 5) is 59.9. The molecule has 3 N–H and O–H groups in total. The van der Waals surface area contributed by atoms with Crippen molar-refractivity contribution in [3.05, 3.63) is 0 Å². The van der Waals surface area contributed by atoms with Crippen molar-refractivity contribution in [2.75, 3.05) is 72.5 Å². The molecule has 1 rings (SSSR count). The van der Waals surface area contributed by atoms with Gasteiger partial charge in [-0.25, -0.2) is 0 Å². The van der Waals surface area contributed by atoms with E-state index in [1.807, 2.05) is 6.92 Å². The topological polar surface area (TPSA) is 162 Å². The lowest BCUT2D eigenvalue weighted by Crippen LogP contribution is -2.46. The average Bonchev–Trinajstić information content (AvgIpc) is 3.40. The van der Waals surface area contributed by atoms with Crippen molar-refractivity contribution in [2.45, 2.75) is 58.0 Å². The number of hydrogen-bond donors (Lipinski definition) is 3. The second-order valence-electron chi connectivity index (χ2n) is 8.83. The predicted octanol–water partition coefficient (Wildman–Crippen LogP) is -0.830. The summed E-state index contributed by atoms with van der Waals surface area (Å²) >= 11 is 0.